The number of aromatic nitrogens is 4. The number of amides is 2. The summed E-state index contributed by atoms with van der Waals surface area (Å²) >= 11 is 0. The van der Waals surface area contributed by atoms with Crippen LogP contribution in [0.1, 0.15) is 35.8 Å². The Bertz CT molecular complexity index is 1040. The second-order valence-electron chi connectivity index (χ2n) is 7.24. The lowest BCUT2D eigenvalue weighted by Gasteiger charge is -2.27. The highest BCUT2D eigenvalue weighted by molar-refractivity contribution is 5.89. The molecule has 2 amide bonds. The number of aryl methyl sites for hydroxylation is 1. The molecule has 144 valence electrons. The summed E-state index contributed by atoms with van der Waals surface area (Å²) in [4.78, 5) is 18.9. The van der Waals surface area contributed by atoms with Crippen LogP contribution in [-0.2, 0) is 20.0 Å². The van der Waals surface area contributed by atoms with E-state index in [4.69, 9.17) is 4.52 Å². The van der Waals surface area contributed by atoms with E-state index in [0.717, 1.165) is 29.9 Å². The lowest BCUT2D eigenvalue weighted by Crippen LogP contribution is -2.39. The number of urea groups is 1. The molecule has 0 spiro atoms. The number of anilines is 1. The van der Waals surface area contributed by atoms with Gasteiger partial charge in [-0.25, -0.2) is 9.18 Å². The first-order valence-electron chi connectivity index (χ1n) is 9.28. The summed E-state index contributed by atoms with van der Waals surface area (Å²) < 4.78 is 20.3. The van der Waals surface area contributed by atoms with Crippen LogP contribution in [0, 0.1) is 5.82 Å². The first-order valence-corrected chi connectivity index (χ1v) is 9.28. The van der Waals surface area contributed by atoms with Crippen LogP contribution in [0.2, 0.25) is 0 Å². The summed E-state index contributed by atoms with van der Waals surface area (Å²) in [6.45, 7) is 0.961. The quantitative estimate of drug-likeness (QED) is 0.752. The molecule has 0 atom stereocenters. The first kappa shape index (κ1) is 16.9. The van der Waals surface area contributed by atoms with Crippen molar-refractivity contribution in [2.75, 3.05) is 11.9 Å². The van der Waals surface area contributed by atoms with Gasteiger partial charge in [-0.3, -0.25) is 4.68 Å². The molecule has 1 aliphatic carbocycles. The number of carbonyl (C=O) groups is 1. The van der Waals surface area contributed by atoms with Gasteiger partial charge in [-0.2, -0.15) is 10.1 Å². The van der Waals surface area contributed by atoms with Crippen LogP contribution in [0.25, 0.3) is 11.6 Å². The van der Waals surface area contributed by atoms with Crippen LogP contribution in [0.3, 0.4) is 0 Å². The summed E-state index contributed by atoms with van der Waals surface area (Å²) in [7, 11) is 1.88. The monoisotopic (exact) mass is 382 g/mol. The molecule has 5 rings (SSSR count). The number of nitrogens with one attached hydrogen (secondary N) is 1. The van der Waals surface area contributed by atoms with E-state index in [9.17, 15) is 9.18 Å². The van der Waals surface area contributed by atoms with Gasteiger partial charge in [0.05, 0.1) is 6.54 Å². The molecule has 9 heteroatoms. The normalized spacial score (nSPS) is 16.1. The number of carbonyl (C=O) groups excluding carboxylic acids is 1. The molecule has 3 heterocycles. The molecule has 1 fully saturated rings. The fraction of sp³-hybridized carbons (Fsp3) is 0.368. The predicted octanol–water partition coefficient (Wildman–Crippen LogP) is 3.08. The average Bonchev–Trinajstić information content (AvgIpc) is 3.34. The van der Waals surface area contributed by atoms with Crippen molar-refractivity contribution in [3.8, 4) is 11.6 Å². The lowest BCUT2D eigenvalue weighted by molar-refractivity contribution is 0.206. The number of nitrogens with zero attached hydrogens (tertiary/aromatic N) is 5. The maximum Gasteiger partial charge on any atom is 0.322 e. The Hall–Kier alpha value is -3.23. The summed E-state index contributed by atoms with van der Waals surface area (Å²) in [5, 5.41) is 11.4. The van der Waals surface area contributed by atoms with Gasteiger partial charge in [0.25, 0.3) is 5.89 Å². The summed E-state index contributed by atoms with van der Waals surface area (Å²) in [6, 6.07) is 5.47. The molecule has 2 aromatic heterocycles. The molecule has 1 aliphatic heterocycles. The number of hydrogen-bond acceptors (Lipinski definition) is 5. The molecule has 1 N–H and O–H groups in total. The molecule has 0 saturated heterocycles. The summed E-state index contributed by atoms with van der Waals surface area (Å²) in [5.41, 5.74) is 3.17. The Kier molecular flexibility index (Phi) is 3.88. The molecule has 3 aromatic rings. The second-order valence-corrected chi connectivity index (χ2v) is 7.24. The third-order valence-corrected chi connectivity index (χ3v) is 5.21. The first-order chi connectivity index (χ1) is 13.6. The van der Waals surface area contributed by atoms with E-state index >= 15 is 0 Å². The fourth-order valence-corrected chi connectivity index (χ4v) is 3.51. The molecular formula is C19H19FN6O2. The van der Waals surface area contributed by atoms with E-state index in [1.54, 1.807) is 4.90 Å². The zero-order chi connectivity index (χ0) is 19.3. The van der Waals surface area contributed by atoms with Crippen LogP contribution in [0.5, 0.6) is 0 Å². The van der Waals surface area contributed by atoms with E-state index < -0.39 is 0 Å². The van der Waals surface area contributed by atoms with Gasteiger partial charge in [0.15, 0.2) is 11.5 Å². The van der Waals surface area contributed by atoms with E-state index in [-0.39, 0.29) is 11.8 Å². The Morgan fingerprint density at radius 2 is 2.07 bits per heavy atom. The van der Waals surface area contributed by atoms with Gasteiger partial charge in [-0.05, 0) is 37.1 Å². The highest BCUT2D eigenvalue weighted by Crippen LogP contribution is 2.39. The fourth-order valence-electron chi connectivity index (χ4n) is 3.51. The van der Waals surface area contributed by atoms with Gasteiger partial charge in [0.2, 0.25) is 0 Å². The Morgan fingerprint density at radius 1 is 1.29 bits per heavy atom. The highest BCUT2D eigenvalue weighted by Gasteiger charge is 2.32. The highest BCUT2D eigenvalue weighted by atomic mass is 19.1. The minimum Gasteiger partial charge on any atom is -0.332 e. The minimum absolute atomic E-state index is 0.240. The van der Waals surface area contributed by atoms with Gasteiger partial charge in [0.1, 0.15) is 5.82 Å². The maximum absolute atomic E-state index is 13.1. The van der Waals surface area contributed by atoms with Crippen molar-refractivity contribution in [3.63, 3.8) is 0 Å². The van der Waals surface area contributed by atoms with Crippen LogP contribution in [0.4, 0.5) is 14.9 Å². The van der Waals surface area contributed by atoms with Crippen molar-refractivity contribution in [2.24, 2.45) is 7.05 Å². The number of halogens is 1. The van der Waals surface area contributed by atoms with Crippen molar-refractivity contribution >= 4 is 11.7 Å². The average molecular weight is 382 g/mol. The Balaban J connectivity index is 1.38. The van der Waals surface area contributed by atoms with Gasteiger partial charge in [-0.15, -0.1) is 0 Å². The summed E-state index contributed by atoms with van der Waals surface area (Å²) in [6.07, 6.45) is 2.87. The van der Waals surface area contributed by atoms with E-state index in [0.29, 0.717) is 42.7 Å². The lowest BCUT2D eigenvalue weighted by atomic mass is 10.1. The van der Waals surface area contributed by atoms with Gasteiger partial charge in [0, 0.05) is 42.9 Å². The molecule has 8 nitrogen and oxygen atoms in total. The Labute approximate surface area is 160 Å². The molecule has 0 bridgehead atoms. The van der Waals surface area contributed by atoms with Crippen molar-refractivity contribution in [1.82, 2.24) is 24.8 Å². The third kappa shape index (κ3) is 3.02. The molecule has 0 radical (unpaired) electrons. The maximum atomic E-state index is 13.1. The molecule has 1 aromatic carbocycles. The number of benzene rings is 1. The van der Waals surface area contributed by atoms with Crippen molar-refractivity contribution in [2.45, 2.75) is 31.7 Å². The van der Waals surface area contributed by atoms with Crippen LogP contribution in [0.15, 0.2) is 28.8 Å². The summed E-state index contributed by atoms with van der Waals surface area (Å²) in [5.74, 6) is 1.19. The topological polar surface area (TPSA) is 89.1 Å². The number of fused-ring (bicyclic) bond motifs is 1. The van der Waals surface area contributed by atoms with Crippen molar-refractivity contribution in [1.29, 1.82) is 0 Å². The van der Waals surface area contributed by atoms with Crippen LogP contribution in [-0.4, -0.2) is 37.4 Å². The zero-order valence-electron chi connectivity index (χ0n) is 15.4. The van der Waals surface area contributed by atoms with Gasteiger partial charge < -0.3 is 14.7 Å². The van der Waals surface area contributed by atoms with E-state index in [2.05, 4.69) is 20.6 Å². The van der Waals surface area contributed by atoms with Crippen LogP contribution < -0.4 is 5.32 Å². The minimum atomic E-state index is -0.342. The smallest absolute Gasteiger partial charge is 0.322 e. The number of rotatable bonds is 3. The number of hydrogen-bond donors (Lipinski definition) is 1. The predicted molar refractivity (Wildman–Crippen MR) is 98.0 cm³/mol. The van der Waals surface area contributed by atoms with E-state index in [1.165, 1.54) is 24.3 Å². The van der Waals surface area contributed by atoms with Crippen LogP contribution >= 0.6 is 0 Å². The van der Waals surface area contributed by atoms with Crippen molar-refractivity contribution < 1.29 is 13.7 Å². The zero-order valence-corrected chi connectivity index (χ0v) is 15.4. The standard InChI is InChI=1S/C19H19FN6O2/c1-25-15-8-9-26(19(27)21-13-6-4-12(20)5-7-13)10-14(15)16(23-25)18-22-17(24-28-18)11-2-3-11/h4-7,11H,2-3,8-10H2,1H3,(H,21,27). The Morgan fingerprint density at radius 3 is 2.82 bits per heavy atom. The molecular weight excluding hydrogens is 363 g/mol. The molecule has 0 unspecified atom stereocenters. The second kappa shape index (κ2) is 6.43. The molecule has 1 saturated carbocycles. The largest absolute Gasteiger partial charge is 0.332 e. The molecule has 2 aliphatic rings. The van der Waals surface area contributed by atoms with Crippen molar-refractivity contribution in [3.05, 3.63) is 47.2 Å². The van der Waals surface area contributed by atoms with Gasteiger partial charge >= 0.3 is 6.03 Å². The molecule has 28 heavy (non-hydrogen) atoms. The third-order valence-electron chi connectivity index (χ3n) is 5.21. The van der Waals surface area contributed by atoms with Gasteiger partial charge in [-0.1, -0.05) is 5.16 Å². The van der Waals surface area contributed by atoms with E-state index in [1.807, 2.05) is 11.7 Å². The SMILES string of the molecule is Cn1nc(-c2nc(C3CC3)no2)c2c1CCN(C(=O)Nc1ccc(F)cc1)C2.